The van der Waals surface area contributed by atoms with Crippen molar-refractivity contribution in [3.05, 3.63) is 69.6 Å². The van der Waals surface area contributed by atoms with Crippen molar-refractivity contribution in [2.45, 2.75) is 6.92 Å². The van der Waals surface area contributed by atoms with Crippen LogP contribution in [0.2, 0.25) is 0 Å². The van der Waals surface area contributed by atoms with Gasteiger partial charge in [-0.25, -0.2) is 4.79 Å². The van der Waals surface area contributed by atoms with Crippen molar-refractivity contribution >= 4 is 22.8 Å². The molecular formula is C20H16O6. The van der Waals surface area contributed by atoms with Crippen LogP contribution in [0.5, 0.6) is 17.2 Å². The van der Waals surface area contributed by atoms with E-state index in [4.69, 9.17) is 9.15 Å². The third-order valence-corrected chi connectivity index (χ3v) is 3.97. The van der Waals surface area contributed by atoms with E-state index in [1.165, 1.54) is 37.5 Å². The first-order valence-electron chi connectivity index (χ1n) is 7.76. The molecule has 0 atom stereocenters. The van der Waals surface area contributed by atoms with Crippen LogP contribution >= 0.6 is 0 Å². The largest absolute Gasteiger partial charge is 0.507 e. The van der Waals surface area contributed by atoms with Gasteiger partial charge in [0.25, 0.3) is 0 Å². The first-order chi connectivity index (χ1) is 12.4. The van der Waals surface area contributed by atoms with Crippen molar-refractivity contribution in [3.8, 4) is 17.2 Å². The van der Waals surface area contributed by atoms with Gasteiger partial charge in [-0.2, -0.15) is 0 Å². The summed E-state index contributed by atoms with van der Waals surface area (Å²) in [6, 6.07) is 8.97. The Kier molecular flexibility index (Phi) is 4.49. The van der Waals surface area contributed by atoms with Gasteiger partial charge in [-0.1, -0.05) is 12.1 Å². The average molecular weight is 352 g/mol. The number of phenols is 2. The van der Waals surface area contributed by atoms with E-state index in [9.17, 15) is 19.8 Å². The number of phenolic OH excluding ortho intramolecular Hbond substituents is 2. The van der Waals surface area contributed by atoms with Gasteiger partial charge in [0.2, 0.25) is 0 Å². The molecule has 0 fully saturated rings. The van der Waals surface area contributed by atoms with Crippen molar-refractivity contribution in [1.82, 2.24) is 0 Å². The lowest BCUT2D eigenvalue weighted by atomic mass is 10.0. The highest BCUT2D eigenvalue weighted by atomic mass is 16.5. The van der Waals surface area contributed by atoms with Crippen LogP contribution in [0.25, 0.3) is 17.0 Å². The van der Waals surface area contributed by atoms with Crippen LogP contribution in [-0.4, -0.2) is 23.1 Å². The molecule has 3 rings (SSSR count). The third-order valence-electron chi connectivity index (χ3n) is 3.97. The van der Waals surface area contributed by atoms with Gasteiger partial charge < -0.3 is 19.4 Å². The molecule has 1 aromatic heterocycles. The Labute approximate surface area is 148 Å². The number of benzene rings is 2. The molecule has 3 aromatic rings. The Morgan fingerprint density at radius 1 is 1.12 bits per heavy atom. The van der Waals surface area contributed by atoms with Crippen molar-refractivity contribution in [1.29, 1.82) is 0 Å². The SMILES string of the molecule is COc1ccc(/C=C/C(=O)c2c(O)ccc3c(C)cc(=O)oc23)cc1O. The Hall–Kier alpha value is -3.54. The topological polar surface area (TPSA) is 97.0 Å². The highest BCUT2D eigenvalue weighted by Gasteiger charge is 2.17. The molecule has 0 spiro atoms. The lowest BCUT2D eigenvalue weighted by Crippen LogP contribution is -2.03. The van der Waals surface area contributed by atoms with Gasteiger partial charge in [-0.05, 0) is 48.4 Å². The minimum absolute atomic E-state index is 0.0437. The van der Waals surface area contributed by atoms with Crippen LogP contribution in [0.3, 0.4) is 0 Å². The normalized spacial score (nSPS) is 11.2. The molecule has 2 N–H and O–H groups in total. The molecular weight excluding hydrogens is 336 g/mol. The van der Waals surface area contributed by atoms with Gasteiger partial charge in [-0.15, -0.1) is 0 Å². The molecule has 26 heavy (non-hydrogen) atoms. The smallest absolute Gasteiger partial charge is 0.336 e. The Balaban J connectivity index is 2.04. The van der Waals surface area contributed by atoms with Gasteiger partial charge in [0.1, 0.15) is 11.3 Å². The number of carbonyl (C=O) groups excluding carboxylic acids is 1. The highest BCUT2D eigenvalue weighted by Crippen LogP contribution is 2.30. The Morgan fingerprint density at radius 2 is 1.88 bits per heavy atom. The van der Waals surface area contributed by atoms with Crippen molar-refractivity contribution < 1.29 is 24.2 Å². The van der Waals surface area contributed by atoms with Crippen LogP contribution in [0.4, 0.5) is 0 Å². The summed E-state index contributed by atoms with van der Waals surface area (Å²) in [5, 5.41) is 20.5. The van der Waals surface area contributed by atoms with Gasteiger partial charge in [-0.3, -0.25) is 4.79 Å². The summed E-state index contributed by atoms with van der Waals surface area (Å²) in [6.45, 7) is 1.72. The first kappa shape index (κ1) is 17.3. The summed E-state index contributed by atoms with van der Waals surface area (Å²) in [7, 11) is 1.44. The molecule has 6 heteroatoms. The predicted molar refractivity (Wildman–Crippen MR) is 96.9 cm³/mol. The van der Waals surface area contributed by atoms with E-state index in [0.29, 0.717) is 22.3 Å². The lowest BCUT2D eigenvalue weighted by molar-refractivity contribution is 0.104. The molecule has 0 aliphatic carbocycles. The summed E-state index contributed by atoms with van der Waals surface area (Å²) < 4.78 is 10.1. The molecule has 0 aliphatic heterocycles. The molecule has 6 nitrogen and oxygen atoms in total. The molecule has 2 aromatic carbocycles. The molecule has 0 radical (unpaired) electrons. The van der Waals surface area contributed by atoms with Crippen LogP contribution in [0.1, 0.15) is 21.5 Å². The lowest BCUT2D eigenvalue weighted by Gasteiger charge is -2.07. The zero-order chi connectivity index (χ0) is 18.8. The van der Waals surface area contributed by atoms with E-state index in [-0.39, 0.29) is 22.6 Å². The Morgan fingerprint density at radius 3 is 2.58 bits per heavy atom. The van der Waals surface area contributed by atoms with Crippen LogP contribution in [0.15, 0.2) is 51.7 Å². The average Bonchev–Trinajstić information content (AvgIpc) is 2.59. The molecule has 0 bridgehead atoms. The standard InChI is InChI=1S/C20H16O6/c1-11-9-18(24)26-20-13(11)5-7-15(22)19(20)14(21)6-3-12-4-8-17(25-2)16(23)10-12/h3-10,22-23H,1-2H3/b6-3+. The van der Waals surface area contributed by atoms with E-state index in [0.717, 1.165) is 0 Å². The number of carbonyl (C=O) groups is 1. The number of aromatic hydroxyl groups is 2. The number of fused-ring (bicyclic) bond motifs is 1. The summed E-state index contributed by atoms with van der Waals surface area (Å²) >= 11 is 0. The van der Waals surface area contributed by atoms with Gasteiger partial charge in [0, 0.05) is 11.5 Å². The molecule has 0 saturated heterocycles. The maximum atomic E-state index is 12.6. The quantitative estimate of drug-likeness (QED) is 0.424. The van der Waals surface area contributed by atoms with E-state index < -0.39 is 11.4 Å². The molecule has 132 valence electrons. The minimum atomic E-state index is -0.598. The van der Waals surface area contributed by atoms with Crippen molar-refractivity contribution in [3.63, 3.8) is 0 Å². The maximum Gasteiger partial charge on any atom is 0.336 e. The summed E-state index contributed by atoms with van der Waals surface area (Å²) in [5.41, 5.74) is 0.571. The van der Waals surface area contributed by atoms with Crippen LogP contribution in [-0.2, 0) is 0 Å². The monoisotopic (exact) mass is 352 g/mol. The van der Waals surface area contributed by atoms with E-state index >= 15 is 0 Å². The summed E-state index contributed by atoms with van der Waals surface area (Å²) in [5.74, 6) is -0.551. The highest BCUT2D eigenvalue weighted by molar-refractivity contribution is 6.15. The van der Waals surface area contributed by atoms with E-state index in [1.807, 2.05) is 0 Å². The second kappa shape index (κ2) is 6.76. The summed E-state index contributed by atoms with van der Waals surface area (Å²) in [6.07, 6.45) is 2.71. The fourth-order valence-electron chi connectivity index (χ4n) is 2.68. The minimum Gasteiger partial charge on any atom is -0.507 e. The summed E-state index contributed by atoms with van der Waals surface area (Å²) in [4.78, 5) is 24.2. The number of methoxy groups -OCH3 is 1. The Bertz CT molecular complexity index is 1090. The molecule has 1 heterocycles. The molecule has 0 amide bonds. The number of ketones is 1. The van der Waals surface area contributed by atoms with Crippen molar-refractivity contribution in [2.24, 2.45) is 0 Å². The number of rotatable bonds is 4. The number of aryl methyl sites for hydroxylation is 1. The van der Waals surface area contributed by atoms with Crippen molar-refractivity contribution in [2.75, 3.05) is 7.11 Å². The van der Waals surface area contributed by atoms with Gasteiger partial charge >= 0.3 is 5.63 Å². The molecule has 0 aliphatic rings. The zero-order valence-corrected chi connectivity index (χ0v) is 14.1. The van der Waals surface area contributed by atoms with Crippen LogP contribution in [0, 0.1) is 6.92 Å². The fourth-order valence-corrected chi connectivity index (χ4v) is 2.68. The molecule has 0 unspecified atom stereocenters. The fraction of sp³-hybridized carbons (Fsp3) is 0.100. The predicted octanol–water partition coefficient (Wildman–Crippen LogP) is 3.42. The third kappa shape index (κ3) is 3.17. The van der Waals surface area contributed by atoms with E-state index in [1.54, 1.807) is 25.1 Å². The second-order valence-electron chi connectivity index (χ2n) is 5.71. The number of hydrogen-bond donors (Lipinski definition) is 2. The van der Waals surface area contributed by atoms with Gasteiger partial charge in [0.15, 0.2) is 22.9 Å². The second-order valence-corrected chi connectivity index (χ2v) is 5.71. The number of hydrogen-bond acceptors (Lipinski definition) is 6. The number of ether oxygens (including phenoxy) is 1. The maximum absolute atomic E-state index is 12.6. The number of allylic oxidation sites excluding steroid dienone is 1. The first-order valence-corrected chi connectivity index (χ1v) is 7.76. The van der Waals surface area contributed by atoms with E-state index in [2.05, 4.69) is 0 Å². The van der Waals surface area contributed by atoms with Gasteiger partial charge in [0.05, 0.1) is 7.11 Å². The zero-order valence-electron chi connectivity index (χ0n) is 14.1. The van der Waals surface area contributed by atoms with Crippen LogP contribution < -0.4 is 10.4 Å². The molecule has 0 saturated carbocycles.